The van der Waals surface area contributed by atoms with Gasteiger partial charge in [0, 0.05) is 42.0 Å². The number of fused-ring (bicyclic) bond motifs is 1. The molecule has 0 radical (unpaired) electrons. The number of nitrogens with one attached hydrogen (secondary N) is 2. The highest BCUT2D eigenvalue weighted by molar-refractivity contribution is 7.19. The second-order valence-electron chi connectivity index (χ2n) is 11.7. The number of rotatable bonds is 7. The van der Waals surface area contributed by atoms with Gasteiger partial charge in [-0.05, 0) is 51.0 Å². The first-order valence-electron chi connectivity index (χ1n) is 13.7. The Kier molecular flexibility index (Phi) is 8.08. The summed E-state index contributed by atoms with van der Waals surface area (Å²) in [6.45, 7) is 12.2. The van der Waals surface area contributed by atoms with Crippen LogP contribution < -0.4 is 10.6 Å². The van der Waals surface area contributed by atoms with Gasteiger partial charge in [-0.1, -0.05) is 49.7 Å². The third kappa shape index (κ3) is 6.11. The number of likely N-dealkylation sites (tertiary alicyclic amines) is 1. The molecule has 0 bridgehead atoms. The van der Waals surface area contributed by atoms with Gasteiger partial charge in [0.15, 0.2) is 5.76 Å². The lowest BCUT2D eigenvalue weighted by atomic mass is 9.95. The number of benzene rings is 1. The van der Waals surface area contributed by atoms with Gasteiger partial charge in [0.05, 0.1) is 27.0 Å². The van der Waals surface area contributed by atoms with Gasteiger partial charge in [-0.25, -0.2) is 0 Å². The molecule has 1 aromatic carbocycles. The summed E-state index contributed by atoms with van der Waals surface area (Å²) in [6.07, 6.45) is 1.82. The van der Waals surface area contributed by atoms with Gasteiger partial charge in [0.2, 0.25) is 5.91 Å². The third-order valence-electron chi connectivity index (χ3n) is 7.37. The molecular weight excluding hydrogens is 546 g/mol. The number of hydrogen-bond acceptors (Lipinski definition) is 6. The van der Waals surface area contributed by atoms with Crippen LogP contribution in [0.1, 0.15) is 63.6 Å². The van der Waals surface area contributed by atoms with Crippen LogP contribution >= 0.6 is 22.9 Å². The number of piperidine rings is 1. The van der Waals surface area contributed by atoms with Gasteiger partial charge in [-0.2, -0.15) is 0 Å². The van der Waals surface area contributed by atoms with Crippen LogP contribution in [0.5, 0.6) is 0 Å². The minimum absolute atomic E-state index is 0.103. The quantitative estimate of drug-likeness (QED) is 0.255. The van der Waals surface area contributed by atoms with Gasteiger partial charge in [-0.15, -0.1) is 11.3 Å². The van der Waals surface area contributed by atoms with Crippen molar-refractivity contribution in [1.82, 2.24) is 19.9 Å². The van der Waals surface area contributed by atoms with Crippen LogP contribution in [0.2, 0.25) is 4.34 Å². The number of para-hydroxylation sites is 1. The minimum atomic E-state index is -0.576. The molecule has 1 aliphatic rings. The fourth-order valence-electron chi connectivity index (χ4n) is 5.02. The normalized spacial score (nSPS) is 15.2. The molecule has 2 amide bonds. The molecule has 2 N–H and O–H groups in total. The number of nitrogens with zero attached hydrogens (tertiary/aromatic N) is 3. The monoisotopic (exact) mass is 581 g/mol. The smallest absolute Gasteiger partial charge is 0.268 e. The molecule has 0 unspecified atom stereocenters. The predicted molar refractivity (Wildman–Crippen MR) is 161 cm³/mol. The second-order valence-corrected chi connectivity index (χ2v) is 13.4. The Hall–Kier alpha value is -3.14. The van der Waals surface area contributed by atoms with Crippen LogP contribution in [0.25, 0.3) is 21.5 Å². The summed E-state index contributed by atoms with van der Waals surface area (Å²) in [6, 6.07) is 13.8. The highest BCUT2D eigenvalue weighted by Crippen LogP contribution is 2.33. The first kappa shape index (κ1) is 28.4. The van der Waals surface area contributed by atoms with E-state index in [1.165, 1.54) is 11.3 Å². The molecule has 0 spiro atoms. The number of amides is 2. The fourth-order valence-corrected chi connectivity index (χ4v) is 6.01. The molecule has 1 saturated heterocycles. The first-order valence-corrected chi connectivity index (χ1v) is 14.9. The number of carbonyl (C=O) groups is 2. The zero-order valence-electron chi connectivity index (χ0n) is 23.6. The lowest BCUT2D eigenvalue weighted by Gasteiger charge is -2.34. The van der Waals surface area contributed by atoms with Gasteiger partial charge in [0.25, 0.3) is 5.91 Å². The molecule has 1 fully saturated rings. The molecule has 5 rings (SSSR count). The van der Waals surface area contributed by atoms with Crippen molar-refractivity contribution in [2.75, 3.05) is 18.4 Å². The Bertz CT molecular complexity index is 1520. The van der Waals surface area contributed by atoms with E-state index in [-0.39, 0.29) is 17.9 Å². The van der Waals surface area contributed by atoms with E-state index in [1.807, 2.05) is 67.8 Å². The van der Waals surface area contributed by atoms with Crippen molar-refractivity contribution in [3.05, 3.63) is 58.2 Å². The van der Waals surface area contributed by atoms with E-state index in [0.29, 0.717) is 39.8 Å². The number of aromatic nitrogens is 2. The molecule has 1 aliphatic heterocycles. The Morgan fingerprint density at radius 2 is 1.90 bits per heavy atom. The van der Waals surface area contributed by atoms with E-state index < -0.39 is 5.41 Å². The molecular formula is C30H36ClN5O3S. The third-order valence-corrected chi connectivity index (χ3v) is 8.62. The van der Waals surface area contributed by atoms with Gasteiger partial charge in [-0.3, -0.25) is 9.59 Å². The fraction of sp³-hybridized carbons (Fsp3) is 0.433. The Morgan fingerprint density at radius 3 is 2.55 bits per heavy atom. The van der Waals surface area contributed by atoms with E-state index in [2.05, 4.69) is 34.5 Å². The van der Waals surface area contributed by atoms with Gasteiger partial charge >= 0.3 is 0 Å². The molecule has 10 heteroatoms. The highest BCUT2D eigenvalue weighted by Gasteiger charge is 2.27. The maximum Gasteiger partial charge on any atom is 0.268 e. The molecule has 3 aromatic heterocycles. The number of halogens is 1. The summed E-state index contributed by atoms with van der Waals surface area (Å²) < 4.78 is 8.22. The molecule has 0 aliphatic carbocycles. The molecule has 0 saturated carbocycles. The average Bonchev–Trinajstić information content (AvgIpc) is 3.63. The van der Waals surface area contributed by atoms with Gasteiger partial charge < -0.3 is 24.6 Å². The van der Waals surface area contributed by atoms with Crippen molar-refractivity contribution in [2.45, 2.75) is 66.1 Å². The van der Waals surface area contributed by atoms with Crippen molar-refractivity contribution in [3.8, 4) is 10.6 Å². The summed E-state index contributed by atoms with van der Waals surface area (Å²) >= 11 is 7.53. The van der Waals surface area contributed by atoms with Crippen LogP contribution in [0, 0.1) is 5.41 Å². The van der Waals surface area contributed by atoms with E-state index in [1.54, 1.807) is 0 Å². The van der Waals surface area contributed by atoms with Crippen LogP contribution in [0.3, 0.4) is 0 Å². The number of anilines is 1. The Balaban J connectivity index is 1.49. The molecule has 212 valence electrons. The molecule has 40 heavy (non-hydrogen) atoms. The highest BCUT2D eigenvalue weighted by atomic mass is 35.5. The molecule has 4 aromatic rings. The van der Waals surface area contributed by atoms with E-state index in [0.717, 1.165) is 41.7 Å². The van der Waals surface area contributed by atoms with Crippen LogP contribution in [0.15, 0.2) is 47.0 Å². The predicted octanol–water partition coefficient (Wildman–Crippen LogP) is 6.65. The maximum atomic E-state index is 13.7. The SMILES string of the molecule is CC(C)N1CCC(NC(=O)c2cc3cccc(NC(=O)C(C)(C)C)c3n2Cc2cc(-c3ccc(Cl)s3)on2)CC1. The van der Waals surface area contributed by atoms with Crippen molar-refractivity contribution >= 4 is 51.3 Å². The van der Waals surface area contributed by atoms with Crippen molar-refractivity contribution in [1.29, 1.82) is 0 Å². The summed E-state index contributed by atoms with van der Waals surface area (Å²) in [5.41, 5.74) is 2.02. The Morgan fingerprint density at radius 1 is 1.15 bits per heavy atom. The second kappa shape index (κ2) is 11.4. The topological polar surface area (TPSA) is 92.4 Å². The van der Waals surface area contributed by atoms with E-state index in [9.17, 15) is 9.59 Å². The summed E-state index contributed by atoms with van der Waals surface area (Å²) in [4.78, 5) is 30.0. The van der Waals surface area contributed by atoms with E-state index in [4.69, 9.17) is 16.1 Å². The first-order chi connectivity index (χ1) is 19.0. The molecule has 4 heterocycles. The maximum absolute atomic E-state index is 13.7. The summed E-state index contributed by atoms with van der Waals surface area (Å²) in [5.74, 6) is 0.377. The average molecular weight is 582 g/mol. The minimum Gasteiger partial charge on any atom is -0.355 e. The van der Waals surface area contributed by atoms with Crippen LogP contribution in [-0.4, -0.2) is 51.6 Å². The number of carbonyl (C=O) groups excluding carboxylic acids is 2. The number of thiophene rings is 1. The summed E-state index contributed by atoms with van der Waals surface area (Å²) in [7, 11) is 0. The van der Waals surface area contributed by atoms with E-state index >= 15 is 0 Å². The zero-order chi connectivity index (χ0) is 28.6. The standard InChI is InChI=1S/C30H36ClN5O3S/c1-18(2)35-13-11-20(12-14-35)32-28(37)23-15-19-7-6-8-22(33-29(38)30(3,4)5)27(19)36(23)17-21-16-24(39-34-21)25-9-10-26(31)40-25/h6-10,15-16,18,20H,11-14,17H2,1-5H3,(H,32,37)(H,33,38). The molecule has 0 atom stereocenters. The van der Waals surface area contributed by atoms with Crippen molar-refractivity contribution in [3.63, 3.8) is 0 Å². The van der Waals surface area contributed by atoms with Crippen LogP contribution in [-0.2, 0) is 11.3 Å². The van der Waals surface area contributed by atoms with Crippen molar-refractivity contribution in [2.24, 2.45) is 5.41 Å². The van der Waals surface area contributed by atoms with Crippen molar-refractivity contribution < 1.29 is 14.1 Å². The zero-order valence-corrected chi connectivity index (χ0v) is 25.2. The summed E-state index contributed by atoms with van der Waals surface area (Å²) in [5, 5.41) is 11.5. The lowest BCUT2D eigenvalue weighted by molar-refractivity contribution is -0.123. The van der Waals surface area contributed by atoms with Gasteiger partial charge in [0.1, 0.15) is 11.4 Å². The lowest BCUT2D eigenvalue weighted by Crippen LogP contribution is -2.46. The Labute approximate surface area is 243 Å². The molecule has 8 nitrogen and oxygen atoms in total. The largest absolute Gasteiger partial charge is 0.355 e. The number of hydrogen-bond donors (Lipinski definition) is 2. The van der Waals surface area contributed by atoms with Crippen LogP contribution in [0.4, 0.5) is 5.69 Å².